The number of hydrogen-bond donors (Lipinski definition) is 1. The van der Waals surface area contributed by atoms with E-state index in [9.17, 15) is 4.79 Å². The molecule has 0 aromatic carbocycles. The standard InChI is InChI=1S/C18H28N4O2/c1-12(18-20-16(21-24-18)14-6-2-3-7-14)19-17(23)15(13-8-9-13)22-10-4-5-11-22/h12-15H,2-11H2,1H3,(H,19,23)/t12-,15+/m1/s1. The van der Waals surface area contributed by atoms with Crippen molar-refractivity contribution in [2.45, 2.75) is 76.3 Å². The third-order valence-electron chi connectivity index (χ3n) is 5.78. The summed E-state index contributed by atoms with van der Waals surface area (Å²) in [4.78, 5) is 19.7. The van der Waals surface area contributed by atoms with E-state index in [4.69, 9.17) is 4.52 Å². The van der Waals surface area contributed by atoms with Crippen LogP contribution in [0.3, 0.4) is 0 Å². The molecule has 6 nitrogen and oxygen atoms in total. The fourth-order valence-corrected chi connectivity index (χ4v) is 4.24. The zero-order chi connectivity index (χ0) is 16.5. The molecule has 2 aliphatic carbocycles. The summed E-state index contributed by atoms with van der Waals surface area (Å²) in [5.41, 5.74) is 0. The second kappa shape index (κ2) is 6.82. The normalized spacial score (nSPS) is 25.0. The molecule has 1 N–H and O–H groups in total. The largest absolute Gasteiger partial charge is 0.343 e. The van der Waals surface area contributed by atoms with Gasteiger partial charge < -0.3 is 9.84 Å². The number of likely N-dealkylation sites (tertiary alicyclic amines) is 1. The highest BCUT2D eigenvalue weighted by molar-refractivity contribution is 5.82. The van der Waals surface area contributed by atoms with E-state index in [0.717, 1.165) is 31.8 Å². The lowest BCUT2D eigenvalue weighted by Gasteiger charge is -2.27. The van der Waals surface area contributed by atoms with E-state index < -0.39 is 0 Å². The quantitative estimate of drug-likeness (QED) is 0.867. The zero-order valence-electron chi connectivity index (χ0n) is 14.5. The van der Waals surface area contributed by atoms with E-state index in [1.807, 2.05) is 6.92 Å². The van der Waals surface area contributed by atoms with Gasteiger partial charge in [0.25, 0.3) is 0 Å². The molecule has 2 atom stereocenters. The van der Waals surface area contributed by atoms with Gasteiger partial charge in [-0.25, -0.2) is 0 Å². The summed E-state index contributed by atoms with van der Waals surface area (Å²) in [7, 11) is 0. The van der Waals surface area contributed by atoms with E-state index >= 15 is 0 Å². The van der Waals surface area contributed by atoms with Gasteiger partial charge in [-0.15, -0.1) is 0 Å². The van der Waals surface area contributed by atoms with Crippen LogP contribution >= 0.6 is 0 Å². The molecule has 2 saturated carbocycles. The van der Waals surface area contributed by atoms with Crippen molar-refractivity contribution in [3.8, 4) is 0 Å². The number of carbonyl (C=O) groups is 1. The fourth-order valence-electron chi connectivity index (χ4n) is 4.24. The van der Waals surface area contributed by atoms with Gasteiger partial charge >= 0.3 is 0 Å². The maximum absolute atomic E-state index is 12.8. The molecule has 1 aromatic rings. The Morgan fingerprint density at radius 2 is 1.88 bits per heavy atom. The average molecular weight is 332 g/mol. The minimum atomic E-state index is -0.219. The molecule has 1 saturated heterocycles. The van der Waals surface area contributed by atoms with Crippen molar-refractivity contribution in [1.82, 2.24) is 20.4 Å². The summed E-state index contributed by atoms with van der Waals surface area (Å²) < 4.78 is 5.43. The Hall–Kier alpha value is -1.43. The SMILES string of the molecule is C[C@@H](NC(=O)[C@H](C1CC1)N1CCCC1)c1nc(C2CCCC2)no1. The van der Waals surface area contributed by atoms with Gasteiger partial charge in [-0.3, -0.25) is 9.69 Å². The van der Waals surface area contributed by atoms with Crippen molar-refractivity contribution < 1.29 is 9.32 Å². The van der Waals surface area contributed by atoms with Crippen LogP contribution < -0.4 is 5.32 Å². The summed E-state index contributed by atoms with van der Waals surface area (Å²) in [6.07, 6.45) is 9.57. The lowest BCUT2D eigenvalue weighted by atomic mass is 10.1. The first-order chi connectivity index (χ1) is 11.7. The summed E-state index contributed by atoms with van der Waals surface area (Å²) in [5, 5.41) is 7.27. The summed E-state index contributed by atoms with van der Waals surface area (Å²) in [5.74, 6) is 2.47. The molecule has 3 aliphatic rings. The molecule has 0 spiro atoms. The Balaban J connectivity index is 1.39. The van der Waals surface area contributed by atoms with Crippen molar-refractivity contribution in [3.63, 3.8) is 0 Å². The molecule has 132 valence electrons. The highest BCUT2D eigenvalue weighted by Crippen LogP contribution is 2.37. The third-order valence-corrected chi connectivity index (χ3v) is 5.78. The second-order valence-electron chi connectivity index (χ2n) is 7.73. The molecule has 6 heteroatoms. The van der Waals surface area contributed by atoms with Crippen LogP contribution in [0.4, 0.5) is 0 Å². The zero-order valence-corrected chi connectivity index (χ0v) is 14.5. The molecule has 4 rings (SSSR count). The van der Waals surface area contributed by atoms with Gasteiger partial charge in [0.2, 0.25) is 11.8 Å². The van der Waals surface area contributed by atoms with Gasteiger partial charge in [0.15, 0.2) is 5.82 Å². The van der Waals surface area contributed by atoms with Crippen LogP contribution in [-0.4, -0.2) is 40.1 Å². The van der Waals surface area contributed by atoms with Crippen LogP contribution in [0, 0.1) is 5.92 Å². The van der Waals surface area contributed by atoms with Crippen LogP contribution in [-0.2, 0) is 4.79 Å². The smallest absolute Gasteiger partial charge is 0.248 e. The molecule has 1 amide bonds. The third kappa shape index (κ3) is 3.34. The predicted molar refractivity (Wildman–Crippen MR) is 89.4 cm³/mol. The average Bonchev–Trinajstić information content (AvgIpc) is 3.07. The molecular formula is C18H28N4O2. The van der Waals surface area contributed by atoms with Gasteiger partial charge in [-0.05, 0) is 64.5 Å². The Kier molecular flexibility index (Phi) is 4.57. The number of carbonyl (C=O) groups excluding carboxylic acids is 1. The van der Waals surface area contributed by atoms with E-state index in [1.54, 1.807) is 0 Å². The lowest BCUT2D eigenvalue weighted by Crippen LogP contribution is -2.47. The van der Waals surface area contributed by atoms with Gasteiger partial charge in [0.1, 0.15) is 6.04 Å². The lowest BCUT2D eigenvalue weighted by molar-refractivity contribution is -0.127. The molecule has 0 bridgehead atoms. The second-order valence-corrected chi connectivity index (χ2v) is 7.73. The molecule has 1 aromatic heterocycles. The van der Waals surface area contributed by atoms with Crippen molar-refractivity contribution in [3.05, 3.63) is 11.7 Å². The van der Waals surface area contributed by atoms with Crippen molar-refractivity contribution >= 4 is 5.91 Å². The first kappa shape index (κ1) is 16.1. The maximum atomic E-state index is 12.8. The molecular weight excluding hydrogens is 304 g/mol. The summed E-state index contributed by atoms with van der Waals surface area (Å²) in [6, 6.07) is -0.184. The molecule has 0 unspecified atom stereocenters. The summed E-state index contributed by atoms with van der Waals surface area (Å²) >= 11 is 0. The van der Waals surface area contributed by atoms with Crippen molar-refractivity contribution in [1.29, 1.82) is 0 Å². The van der Waals surface area contributed by atoms with Crippen LogP contribution in [0.25, 0.3) is 0 Å². The molecule has 2 heterocycles. The van der Waals surface area contributed by atoms with E-state index in [-0.39, 0.29) is 18.0 Å². The molecule has 24 heavy (non-hydrogen) atoms. The van der Waals surface area contributed by atoms with Gasteiger partial charge in [0.05, 0.1) is 6.04 Å². The van der Waals surface area contributed by atoms with E-state index in [2.05, 4.69) is 20.4 Å². The van der Waals surface area contributed by atoms with Crippen molar-refractivity contribution in [2.75, 3.05) is 13.1 Å². The number of nitrogens with zero attached hydrogens (tertiary/aromatic N) is 3. The first-order valence-corrected chi connectivity index (χ1v) is 9.60. The highest BCUT2D eigenvalue weighted by atomic mass is 16.5. The minimum Gasteiger partial charge on any atom is -0.343 e. The Morgan fingerprint density at radius 3 is 2.54 bits per heavy atom. The first-order valence-electron chi connectivity index (χ1n) is 9.60. The molecule has 3 fully saturated rings. The molecule has 0 radical (unpaired) electrons. The minimum absolute atomic E-state index is 0.0344. The predicted octanol–water partition coefficient (Wildman–Crippen LogP) is 2.78. The monoisotopic (exact) mass is 332 g/mol. The van der Waals surface area contributed by atoms with Gasteiger partial charge in [-0.1, -0.05) is 18.0 Å². The van der Waals surface area contributed by atoms with Crippen LogP contribution in [0.1, 0.15) is 82.0 Å². The maximum Gasteiger partial charge on any atom is 0.248 e. The number of amides is 1. The van der Waals surface area contributed by atoms with Crippen LogP contribution in [0.15, 0.2) is 4.52 Å². The summed E-state index contributed by atoms with van der Waals surface area (Å²) in [6.45, 7) is 4.04. The van der Waals surface area contributed by atoms with E-state index in [1.165, 1.54) is 38.5 Å². The number of hydrogen-bond acceptors (Lipinski definition) is 5. The van der Waals surface area contributed by atoms with Crippen LogP contribution in [0.5, 0.6) is 0 Å². The molecule has 1 aliphatic heterocycles. The number of nitrogens with one attached hydrogen (secondary N) is 1. The van der Waals surface area contributed by atoms with Crippen LogP contribution in [0.2, 0.25) is 0 Å². The Morgan fingerprint density at radius 1 is 1.17 bits per heavy atom. The fraction of sp³-hybridized carbons (Fsp3) is 0.833. The number of aromatic nitrogens is 2. The Bertz CT molecular complexity index is 571. The van der Waals surface area contributed by atoms with E-state index in [0.29, 0.717) is 17.7 Å². The highest BCUT2D eigenvalue weighted by Gasteiger charge is 2.41. The van der Waals surface area contributed by atoms with Gasteiger partial charge in [-0.2, -0.15) is 4.98 Å². The topological polar surface area (TPSA) is 71.3 Å². The number of rotatable bonds is 6. The van der Waals surface area contributed by atoms with Gasteiger partial charge in [0, 0.05) is 5.92 Å². The van der Waals surface area contributed by atoms with Crippen molar-refractivity contribution in [2.24, 2.45) is 5.92 Å². The Labute approximate surface area is 143 Å².